The number of hydrogen-bond donors (Lipinski definition) is 2. The molecule has 9 heteroatoms. The minimum atomic E-state index is -0.872. The lowest BCUT2D eigenvalue weighted by Gasteiger charge is -2.37. The van der Waals surface area contributed by atoms with Crippen molar-refractivity contribution in [3.8, 4) is 0 Å². The minimum Gasteiger partial charge on any atom is -0.445 e. The quantitative estimate of drug-likeness (QED) is 0.658. The van der Waals surface area contributed by atoms with E-state index in [1.54, 1.807) is 17.3 Å². The summed E-state index contributed by atoms with van der Waals surface area (Å²) in [6.45, 7) is 2.44. The van der Waals surface area contributed by atoms with E-state index in [0.29, 0.717) is 26.2 Å². The van der Waals surface area contributed by atoms with Crippen molar-refractivity contribution in [3.05, 3.63) is 60.4 Å². The van der Waals surface area contributed by atoms with Gasteiger partial charge in [0.1, 0.15) is 12.6 Å². The molecule has 1 aliphatic heterocycles. The number of hydrogen-bond acceptors (Lipinski definition) is 6. The zero-order valence-corrected chi connectivity index (χ0v) is 17.3. The number of nitrogens with zero attached hydrogens (tertiary/aromatic N) is 3. The zero-order valence-electron chi connectivity index (χ0n) is 17.3. The van der Waals surface area contributed by atoms with Crippen LogP contribution in [0.25, 0.3) is 0 Å². The fraction of sp³-hybridized carbons (Fsp3) is 0.364. The molecule has 3 N–H and O–H groups in total. The number of amides is 3. The van der Waals surface area contributed by atoms with Crippen LogP contribution in [0.3, 0.4) is 0 Å². The summed E-state index contributed by atoms with van der Waals surface area (Å²) in [5, 5.41) is 2.60. The Hall–Kier alpha value is -3.62. The number of primary amides is 1. The Labute approximate surface area is 181 Å². The highest BCUT2D eigenvalue weighted by Crippen LogP contribution is 2.16. The molecule has 1 aliphatic rings. The zero-order chi connectivity index (χ0) is 22.1. The maximum Gasteiger partial charge on any atom is 0.408 e. The average Bonchev–Trinajstić information content (AvgIpc) is 2.81. The van der Waals surface area contributed by atoms with Gasteiger partial charge in [-0.1, -0.05) is 30.3 Å². The van der Waals surface area contributed by atoms with Crippen molar-refractivity contribution in [1.82, 2.24) is 15.2 Å². The van der Waals surface area contributed by atoms with E-state index in [9.17, 15) is 14.4 Å². The fourth-order valence-electron chi connectivity index (χ4n) is 3.41. The van der Waals surface area contributed by atoms with Gasteiger partial charge in [-0.3, -0.25) is 14.6 Å². The first kappa shape index (κ1) is 22.1. The first-order valence-corrected chi connectivity index (χ1v) is 10.2. The van der Waals surface area contributed by atoms with Gasteiger partial charge in [-0.25, -0.2) is 4.79 Å². The monoisotopic (exact) mass is 425 g/mol. The third-order valence-electron chi connectivity index (χ3n) is 5.10. The van der Waals surface area contributed by atoms with E-state index in [4.69, 9.17) is 10.5 Å². The number of carbonyl (C=O) groups is 3. The molecule has 0 bridgehead atoms. The van der Waals surface area contributed by atoms with Crippen molar-refractivity contribution in [2.75, 3.05) is 31.1 Å². The summed E-state index contributed by atoms with van der Waals surface area (Å²) in [5.74, 6) is -0.771. The normalized spacial score (nSPS) is 14.6. The number of anilines is 1. The van der Waals surface area contributed by atoms with Gasteiger partial charge in [0.25, 0.3) is 0 Å². The first-order valence-electron chi connectivity index (χ1n) is 10.2. The summed E-state index contributed by atoms with van der Waals surface area (Å²) in [7, 11) is 0. The number of pyridine rings is 1. The predicted octanol–water partition coefficient (Wildman–Crippen LogP) is 1.29. The molecule has 3 amide bonds. The maximum atomic E-state index is 13.0. The van der Waals surface area contributed by atoms with Gasteiger partial charge in [0.2, 0.25) is 11.8 Å². The lowest BCUT2D eigenvalue weighted by Crippen LogP contribution is -2.55. The second kappa shape index (κ2) is 11.0. The van der Waals surface area contributed by atoms with Crippen molar-refractivity contribution in [3.63, 3.8) is 0 Å². The molecule has 9 nitrogen and oxygen atoms in total. The summed E-state index contributed by atoms with van der Waals surface area (Å²) in [5.41, 5.74) is 7.14. The molecule has 0 saturated carbocycles. The molecule has 2 aromatic rings. The highest BCUT2D eigenvalue weighted by atomic mass is 16.5. The molecular formula is C22H27N5O4. The Bertz CT molecular complexity index is 870. The summed E-state index contributed by atoms with van der Waals surface area (Å²) < 4.78 is 5.23. The van der Waals surface area contributed by atoms with Crippen molar-refractivity contribution < 1.29 is 19.1 Å². The lowest BCUT2D eigenvalue weighted by molar-refractivity contribution is -0.134. The van der Waals surface area contributed by atoms with Crippen LogP contribution in [0.4, 0.5) is 10.5 Å². The molecule has 1 fully saturated rings. The molecule has 3 rings (SSSR count). The average molecular weight is 425 g/mol. The number of piperazine rings is 1. The van der Waals surface area contributed by atoms with Crippen molar-refractivity contribution in [2.24, 2.45) is 5.73 Å². The number of alkyl carbamates (subject to hydrolysis) is 1. The number of carbonyl (C=O) groups excluding carboxylic acids is 3. The molecule has 0 unspecified atom stereocenters. The maximum absolute atomic E-state index is 13.0. The molecular weight excluding hydrogens is 398 g/mol. The van der Waals surface area contributed by atoms with Crippen molar-refractivity contribution >= 4 is 23.6 Å². The SMILES string of the molecule is NC(=O)CC[C@H](NC(=O)OCc1ccccc1)C(=O)N1CCN(c2ccncc2)CC1. The summed E-state index contributed by atoms with van der Waals surface area (Å²) in [6.07, 6.45) is 2.88. The van der Waals surface area contributed by atoms with Gasteiger partial charge in [0.15, 0.2) is 0 Å². The standard InChI is InChI=1S/C22H27N5O4/c23-20(28)7-6-19(25-22(30)31-16-17-4-2-1-3-5-17)21(29)27-14-12-26(13-15-27)18-8-10-24-11-9-18/h1-5,8-11,19H,6-7,12-16H2,(H2,23,28)(H,25,30)/t19-/m0/s1. The van der Waals surface area contributed by atoms with Gasteiger partial charge in [0, 0.05) is 50.7 Å². The predicted molar refractivity (Wildman–Crippen MR) is 115 cm³/mol. The van der Waals surface area contributed by atoms with Gasteiger partial charge >= 0.3 is 6.09 Å². The van der Waals surface area contributed by atoms with Gasteiger partial charge in [-0.05, 0) is 24.1 Å². The first-order chi connectivity index (χ1) is 15.0. The Morgan fingerprint density at radius 2 is 1.71 bits per heavy atom. The largest absolute Gasteiger partial charge is 0.445 e. The van der Waals surface area contributed by atoms with Crippen LogP contribution in [0.2, 0.25) is 0 Å². The van der Waals surface area contributed by atoms with Crippen LogP contribution in [-0.4, -0.2) is 60.0 Å². The molecule has 1 aromatic carbocycles. The third-order valence-corrected chi connectivity index (χ3v) is 5.10. The van der Waals surface area contributed by atoms with Crippen molar-refractivity contribution in [2.45, 2.75) is 25.5 Å². The molecule has 1 saturated heterocycles. The Balaban J connectivity index is 1.55. The minimum absolute atomic E-state index is 0.00759. The summed E-state index contributed by atoms with van der Waals surface area (Å²) in [6, 6.07) is 12.2. The lowest BCUT2D eigenvalue weighted by atomic mass is 10.1. The number of benzene rings is 1. The molecule has 0 radical (unpaired) electrons. The van der Waals surface area contributed by atoms with Gasteiger partial charge in [-0.2, -0.15) is 0 Å². The molecule has 31 heavy (non-hydrogen) atoms. The Morgan fingerprint density at radius 3 is 2.35 bits per heavy atom. The Kier molecular flexibility index (Phi) is 7.80. The highest BCUT2D eigenvalue weighted by molar-refractivity contribution is 5.86. The van der Waals surface area contributed by atoms with Gasteiger partial charge < -0.3 is 25.6 Å². The number of ether oxygens (including phenoxy) is 1. The Morgan fingerprint density at radius 1 is 1.03 bits per heavy atom. The van der Waals surface area contributed by atoms with Gasteiger partial charge in [0.05, 0.1) is 0 Å². The van der Waals surface area contributed by atoms with E-state index in [1.165, 1.54) is 0 Å². The smallest absolute Gasteiger partial charge is 0.408 e. The van der Waals surface area contributed by atoms with E-state index in [-0.39, 0.29) is 25.4 Å². The molecule has 2 heterocycles. The van der Waals surface area contributed by atoms with Crippen LogP contribution >= 0.6 is 0 Å². The number of nitrogens with one attached hydrogen (secondary N) is 1. The van der Waals surface area contributed by atoms with E-state index in [2.05, 4.69) is 15.2 Å². The van der Waals surface area contributed by atoms with E-state index in [1.807, 2.05) is 42.5 Å². The van der Waals surface area contributed by atoms with Gasteiger partial charge in [-0.15, -0.1) is 0 Å². The van der Waals surface area contributed by atoms with Crippen LogP contribution < -0.4 is 16.0 Å². The number of aromatic nitrogens is 1. The second-order valence-electron chi connectivity index (χ2n) is 7.28. The fourth-order valence-corrected chi connectivity index (χ4v) is 3.41. The van der Waals surface area contributed by atoms with E-state index >= 15 is 0 Å². The molecule has 0 aliphatic carbocycles. The van der Waals surface area contributed by atoms with Crippen LogP contribution in [0, 0.1) is 0 Å². The molecule has 1 atom stereocenters. The van der Waals surface area contributed by atoms with Crippen LogP contribution in [-0.2, 0) is 20.9 Å². The van der Waals surface area contributed by atoms with Crippen LogP contribution in [0.1, 0.15) is 18.4 Å². The summed E-state index contributed by atoms with van der Waals surface area (Å²) >= 11 is 0. The van der Waals surface area contributed by atoms with Crippen LogP contribution in [0.5, 0.6) is 0 Å². The second-order valence-corrected chi connectivity index (χ2v) is 7.28. The van der Waals surface area contributed by atoms with E-state index < -0.39 is 18.0 Å². The third kappa shape index (κ3) is 6.70. The molecule has 164 valence electrons. The van der Waals surface area contributed by atoms with Crippen molar-refractivity contribution in [1.29, 1.82) is 0 Å². The van der Waals surface area contributed by atoms with E-state index in [0.717, 1.165) is 11.3 Å². The summed E-state index contributed by atoms with van der Waals surface area (Å²) in [4.78, 5) is 44.4. The van der Waals surface area contributed by atoms with Crippen LogP contribution in [0.15, 0.2) is 54.9 Å². The topological polar surface area (TPSA) is 118 Å². The number of rotatable bonds is 8. The number of nitrogens with two attached hydrogens (primary N) is 1. The molecule has 1 aromatic heterocycles. The highest BCUT2D eigenvalue weighted by Gasteiger charge is 2.29. The molecule has 0 spiro atoms.